The van der Waals surface area contributed by atoms with Gasteiger partial charge in [0.25, 0.3) is 5.91 Å². The Morgan fingerprint density at radius 1 is 1.45 bits per heavy atom. The van der Waals surface area contributed by atoms with Gasteiger partial charge in [-0.1, -0.05) is 13.0 Å². The fourth-order valence-electron chi connectivity index (χ4n) is 2.37. The van der Waals surface area contributed by atoms with Gasteiger partial charge in [0.1, 0.15) is 11.4 Å². The lowest BCUT2D eigenvalue weighted by Gasteiger charge is -2.17. The predicted molar refractivity (Wildman–Crippen MR) is 71.7 cm³/mol. The lowest BCUT2D eigenvalue weighted by Crippen LogP contribution is -2.33. The third kappa shape index (κ3) is 3.33. The molecule has 0 aromatic carbocycles. The van der Waals surface area contributed by atoms with E-state index < -0.39 is 5.97 Å². The van der Waals surface area contributed by atoms with E-state index in [4.69, 9.17) is 9.84 Å². The predicted octanol–water partition coefficient (Wildman–Crippen LogP) is 1.32. The number of pyridine rings is 1. The summed E-state index contributed by atoms with van der Waals surface area (Å²) in [5.74, 6) is -1.18. The number of aromatic carboxylic acids is 1. The van der Waals surface area contributed by atoms with Crippen LogP contribution >= 0.6 is 0 Å². The van der Waals surface area contributed by atoms with Crippen molar-refractivity contribution in [2.45, 2.75) is 25.9 Å². The molecule has 1 aromatic heterocycles. The van der Waals surface area contributed by atoms with Crippen LogP contribution in [0.2, 0.25) is 0 Å². The molecule has 2 N–H and O–H groups in total. The summed E-state index contributed by atoms with van der Waals surface area (Å²) in [6.07, 6.45) is 2.04. The minimum Gasteiger partial charge on any atom is -0.477 e. The fraction of sp³-hybridized carbons (Fsp3) is 0.500. The molecule has 0 saturated carbocycles. The molecule has 0 radical (unpaired) electrons. The van der Waals surface area contributed by atoms with Gasteiger partial charge in [-0.05, 0) is 25.0 Å². The van der Waals surface area contributed by atoms with Crippen molar-refractivity contribution in [1.29, 1.82) is 0 Å². The summed E-state index contributed by atoms with van der Waals surface area (Å²) in [7, 11) is 0. The number of amides is 1. The molecule has 2 atom stereocenters. The second kappa shape index (κ2) is 6.47. The maximum atomic E-state index is 12.0. The Hall–Kier alpha value is -1.95. The van der Waals surface area contributed by atoms with Crippen LogP contribution in [0.25, 0.3) is 0 Å². The van der Waals surface area contributed by atoms with E-state index >= 15 is 0 Å². The Morgan fingerprint density at radius 3 is 2.90 bits per heavy atom. The summed E-state index contributed by atoms with van der Waals surface area (Å²) in [4.78, 5) is 26.6. The van der Waals surface area contributed by atoms with Gasteiger partial charge in [0.05, 0.1) is 6.10 Å². The average molecular weight is 278 g/mol. The summed E-state index contributed by atoms with van der Waals surface area (Å²) < 4.78 is 5.56. The van der Waals surface area contributed by atoms with Gasteiger partial charge in [0, 0.05) is 19.1 Å². The van der Waals surface area contributed by atoms with Crippen LogP contribution in [0.4, 0.5) is 0 Å². The number of carbonyl (C=O) groups is 2. The molecule has 2 heterocycles. The minimum atomic E-state index is -1.14. The third-order valence-corrected chi connectivity index (χ3v) is 3.47. The Morgan fingerprint density at radius 2 is 2.20 bits per heavy atom. The van der Waals surface area contributed by atoms with Crippen LogP contribution in [-0.4, -0.2) is 41.2 Å². The first-order valence-electron chi connectivity index (χ1n) is 6.72. The first-order chi connectivity index (χ1) is 9.61. The molecule has 2 rings (SSSR count). The van der Waals surface area contributed by atoms with Crippen LogP contribution in [-0.2, 0) is 4.74 Å². The minimum absolute atomic E-state index is 0.122. The number of rotatable bonds is 5. The standard InChI is InChI=1S/C14H18N2O4/c1-2-12-9(6-7-20-12)8-15-13(17)10-4-3-5-11(16-10)14(18)19/h3-5,9,12H,2,6-8H2,1H3,(H,15,17)(H,18,19). The lowest BCUT2D eigenvalue weighted by atomic mass is 10.00. The van der Waals surface area contributed by atoms with Gasteiger partial charge in [0.2, 0.25) is 0 Å². The van der Waals surface area contributed by atoms with Crippen LogP contribution in [0, 0.1) is 5.92 Å². The number of nitrogens with one attached hydrogen (secondary N) is 1. The largest absolute Gasteiger partial charge is 0.477 e. The van der Waals surface area contributed by atoms with E-state index in [9.17, 15) is 9.59 Å². The molecule has 1 amide bonds. The summed E-state index contributed by atoms with van der Waals surface area (Å²) in [5, 5.41) is 11.6. The van der Waals surface area contributed by atoms with Gasteiger partial charge in [0.15, 0.2) is 0 Å². The van der Waals surface area contributed by atoms with Gasteiger partial charge in [-0.15, -0.1) is 0 Å². The number of carboxylic acids is 1. The van der Waals surface area contributed by atoms with Crippen molar-refractivity contribution in [3.63, 3.8) is 0 Å². The van der Waals surface area contributed by atoms with E-state index in [1.54, 1.807) is 0 Å². The van der Waals surface area contributed by atoms with E-state index in [0.29, 0.717) is 12.5 Å². The number of carboxylic acid groups (broad SMARTS) is 1. The number of ether oxygens (including phenoxy) is 1. The molecule has 1 saturated heterocycles. The highest BCUT2D eigenvalue weighted by Gasteiger charge is 2.27. The van der Waals surface area contributed by atoms with E-state index in [1.807, 2.05) is 0 Å². The molecular weight excluding hydrogens is 260 g/mol. The summed E-state index contributed by atoms with van der Waals surface area (Å²) in [5.41, 5.74) is -0.00912. The highest BCUT2D eigenvalue weighted by atomic mass is 16.5. The maximum absolute atomic E-state index is 12.0. The highest BCUT2D eigenvalue weighted by molar-refractivity contribution is 5.94. The number of hydrogen-bond donors (Lipinski definition) is 2. The second-order valence-corrected chi connectivity index (χ2v) is 4.79. The van der Waals surface area contributed by atoms with Crippen molar-refractivity contribution >= 4 is 11.9 Å². The van der Waals surface area contributed by atoms with Gasteiger partial charge >= 0.3 is 5.97 Å². The SMILES string of the molecule is CCC1OCCC1CNC(=O)c1cccc(C(=O)O)n1. The van der Waals surface area contributed by atoms with E-state index in [1.165, 1.54) is 18.2 Å². The molecular formula is C14H18N2O4. The number of carbonyl (C=O) groups excluding carboxylic acids is 1. The van der Waals surface area contributed by atoms with Crippen LogP contribution in [0.3, 0.4) is 0 Å². The van der Waals surface area contributed by atoms with E-state index in [0.717, 1.165) is 19.4 Å². The monoisotopic (exact) mass is 278 g/mol. The van der Waals surface area contributed by atoms with E-state index in [2.05, 4.69) is 17.2 Å². The Kier molecular flexibility index (Phi) is 4.68. The van der Waals surface area contributed by atoms with Crippen molar-refractivity contribution in [3.05, 3.63) is 29.6 Å². The molecule has 0 spiro atoms. The zero-order valence-corrected chi connectivity index (χ0v) is 11.3. The maximum Gasteiger partial charge on any atom is 0.354 e. The molecule has 1 aliphatic heterocycles. The average Bonchev–Trinajstić information content (AvgIpc) is 2.92. The molecule has 1 fully saturated rings. The first-order valence-corrected chi connectivity index (χ1v) is 6.72. The van der Waals surface area contributed by atoms with Crippen LogP contribution in [0.5, 0.6) is 0 Å². The molecule has 6 nitrogen and oxygen atoms in total. The third-order valence-electron chi connectivity index (χ3n) is 3.47. The molecule has 1 aromatic rings. The zero-order valence-electron chi connectivity index (χ0n) is 11.3. The van der Waals surface area contributed by atoms with Crippen LogP contribution in [0.15, 0.2) is 18.2 Å². The molecule has 0 bridgehead atoms. The Bertz CT molecular complexity index is 504. The van der Waals surface area contributed by atoms with Crippen molar-refractivity contribution in [2.75, 3.05) is 13.2 Å². The number of aromatic nitrogens is 1. The summed E-state index contributed by atoms with van der Waals surface area (Å²) in [6, 6.07) is 4.38. The van der Waals surface area contributed by atoms with Crippen molar-refractivity contribution < 1.29 is 19.4 Å². The fourth-order valence-corrected chi connectivity index (χ4v) is 2.37. The number of hydrogen-bond acceptors (Lipinski definition) is 4. The lowest BCUT2D eigenvalue weighted by molar-refractivity contribution is 0.0690. The Labute approximate surface area is 117 Å². The summed E-state index contributed by atoms with van der Waals surface area (Å²) in [6.45, 7) is 3.31. The quantitative estimate of drug-likeness (QED) is 0.848. The van der Waals surface area contributed by atoms with E-state index in [-0.39, 0.29) is 23.4 Å². The molecule has 0 aliphatic carbocycles. The van der Waals surface area contributed by atoms with Crippen molar-refractivity contribution in [1.82, 2.24) is 10.3 Å². The normalized spacial score (nSPS) is 21.6. The first kappa shape index (κ1) is 14.5. The Balaban J connectivity index is 1.95. The molecule has 2 unspecified atom stereocenters. The van der Waals surface area contributed by atoms with Crippen molar-refractivity contribution in [3.8, 4) is 0 Å². The van der Waals surface area contributed by atoms with Gasteiger partial charge in [-0.2, -0.15) is 0 Å². The molecule has 108 valence electrons. The van der Waals surface area contributed by atoms with Gasteiger partial charge in [-0.3, -0.25) is 4.79 Å². The van der Waals surface area contributed by atoms with Gasteiger partial charge in [-0.25, -0.2) is 9.78 Å². The highest BCUT2D eigenvalue weighted by Crippen LogP contribution is 2.22. The molecule has 20 heavy (non-hydrogen) atoms. The van der Waals surface area contributed by atoms with Gasteiger partial charge < -0.3 is 15.2 Å². The second-order valence-electron chi connectivity index (χ2n) is 4.79. The zero-order chi connectivity index (χ0) is 14.5. The molecule has 1 aliphatic rings. The van der Waals surface area contributed by atoms with Crippen LogP contribution in [0.1, 0.15) is 40.7 Å². The smallest absolute Gasteiger partial charge is 0.354 e. The summed E-state index contributed by atoms with van der Waals surface area (Å²) >= 11 is 0. The molecule has 6 heteroatoms. The van der Waals surface area contributed by atoms with Crippen LogP contribution < -0.4 is 5.32 Å². The van der Waals surface area contributed by atoms with Crippen molar-refractivity contribution in [2.24, 2.45) is 5.92 Å². The number of nitrogens with zero attached hydrogens (tertiary/aromatic N) is 1. The topological polar surface area (TPSA) is 88.5 Å².